The summed E-state index contributed by atoms with van der Waals surface area (Å²) in [5.41, 5.74) is 4.11. The molecule has 0 spiro atoms. The van der Waals surface area contributed by atoms with Crippen molar-refractivity contribution in [3.05, 3.63) is 86.8 Å². The molecule has 0 aliphatic carbocycles. The van der Waals surface area contributed by atoms with Gasteiger partial charge in [-0.25, -0.2) is 4.98 Å². The Labute approximate surface area is 176 Å². The van der Waals surface area contributed by atoms with Crippen LogP contribution in [0.2, 0.25) is 5.02 Å². The van der Waals surface area contributed by atoms with Crippen LogP contribution in [-0.2, 0) is 0 Å². The third-order valence-corrected chi connectivity index (χ3v) is 5.74. The van der Waals surface area contributed by atoms with Gasteiger partial charge in [-0.05, 0) is 56.3 Å². The fourth-order valence-electron chi connectivity index (χ4n) is 3.05. The van der Waals surface area contributed by atoms with Gasteiger partial charge in [0.15, 0.2) is 10.9 Å². The molecule has 0 bridgehead atoms. The Kier molecular flexibility index (Phi) is 5.30. The third-order valence-electron chi connectivity index (χ3n) is 4.55. The summed E-state index contributed by atoms with van der Waals surface area (Å²) in [5.74, 6) is 0.108. The highest BCUT2D eigenvalue weighted by molar-refractivity contribution is 7.99. The Bertz CT molecular complexity index is 1260. The van der Waals surface area contributed by atoms with Crippen LogP contribution in [-0.4, -0.2) is 26.1 Å². The molecular weight excluding hydrogens is 406 g/mol. The second kappa shape index (κ2) is 7.89. The highest BCUT2D eigenvalue weighted by atomic mass is 35.5. The van der Waals surface area contributed by atoms with Crippen LogP contribution >= 0.6 is 23.4 Å². The molecular formula is C22H18ClN3O2S. The summed E-state index contributed by atoms with van der Waals surface area (Å²) in [5, 5.41) is 1.06. The Morgan fingerprint density at radius 1 is 1.10 bits per heavy atom. The Morgan fingerprint density at radius 3 is 2.48 bits per heavy atom. The zero-order valence-electron chi connectivity index (χ0n) is 15.9. The maximum Gasteiger partial charge on any atom is 0.283 e. The lowest BCUT2D eigenvalue weighted by atomic mass is 10.1. The molecule has 2 aromatic carbocycles. The van der Waals surface area contributed by atoms with Gasteiger partial charge >= 0.3 is 0 Å². The summed E-state index contributed by atoms with van der Waals surface area (Å²) in [6.07, 6.45) is 0. The monoisotopic (exact) mass is 423 g/mol. The molecule has 7 heteroatoms. The first-order chi connectivity index (χ1) is 13.9. The third kappa shape index (κ3) is 3.99. The lowest BCUT2D eigenvalue weighted by Crippen LogP contribution is -2.22. The van der Waals surface area contributed by atoms with Gasteiger partial charge in [0.25, 0.3) is 5.56 Å². The summed E-state index contributed by atoms with van der Waals surface area (Å²) in [6, 6.07) is 16.3. The van der Waals surface area contributed by atoms with E-state index in [1.165, 1.54) is 11.8 Å². The number of aryl methyl sites for hydroxylation is 2. The standard InChI is InChI=1S/C22H18ClN3O2S/c1-13-3-9-17(10-4-13)26-21(28)20-18(11-14(2)24-20)25-22(26)29-12-19(27)15-5-7-16(23)8-6-15/h3-11,24H,12H2,1-2H3. The van der Waals surface area contributed by atoms with Crippen molar-refractivity contribution in [1.29, 1.82) is 0 Å². The number of hydrogen-bond acceptors (Lipinski definition) is 4. The van der Waals surface area contributed by atoms with E-state index in [0.29, 0.717) is 32.5 Å². The minimum Gasteiger partial charge on any atom is -0.353 e. The lowest BCUT2D eigenvalue weighted by molar-refractivity contribution is 0.102. The highest BCUT2D eigenvalue weighted by Crippen LogP contribution is 2.23. The van der Waals surface area contributed by atoms with Gasteiger partial charge in [0.2, 0.25) is 0 Å². The minimum absolute atomic E-state index is 0.0540. The lowest BCUT2D eigenvalue weighted by Gasteiger charge is -2.12. The normalized spacial score (nSPS) is 11.1. The largest absolute Gasteiger partial charge is 0.353 e. The van der Waals surface area contributed by atoms with Gasteiger partial charge in [0.05, 0.1) is 17.0 Å². The van der Waals surface area contributed by atoms with E-state index in [1.807, 2.05) is 44.2 Å². The van der Waals surface area contributed by atoms with Crippen molar-refractivity contribution in [2.45, 2.75) is 19.0 Å². The van der Waals surface area contributed by atoms with E-state index in [9.17, 15) is 9.59 Å². The number of ketones is 1. The molecule has 2 heterocycles. The number of Topliss-reactive ketones (excluding diaryl/α,β-unsaturated/α-hetero) is 1. The molecule has 0 atom stereocenters. The molecule has 0 saturated heterocycles. The van der Waals surface area contributed by atoms with Crippen molar-refractivity contribution in [2.24, 2.45) is 0 Å². The van der Waals surface area contributed by atoms with Crippen LogP contribution in [0.15, 0.2) is 64.5 Å². The molecule has 2 aromatic heterocycles. The molecule has 0 radical (unpaired) electrons. The second-order valence-corrected chi connectivity index (χ2v) is 8.18. The van der Waals surface area contributed by atoms with Gasteiger partial charge in [-0.2, -0.15) is 0 Å². The fraction of sp³-hybridized carbons (Fsp3) is 0.136. The highest BCUT2D eigenvalue weighted by Gasteiger charge is 2.17. The van der Waals surface area contributed by atoms with Gasteiger partial charge in [-0.15, -0.1) is 0 Å². The summed E-state index contributed by atoms with van der Waals surface area (Å²) in [7, 11) is 0. The minimum atomic E-state index is -0.187. The number of nitrogens with one attached hydrogen (secondary N) is 1. The van der Waals surface area contributed by atoms with Crippen molar-refractivity contribution in [3.8, 4) is 5.69 Å². The predicted octanol–water partition coefficient (Wildman–Crippen LogP) is 4.96. The van der Waals surface area contributed by atoms with Gasteiger partial charge in [0.1, 0.15) is 5.52 Å². The fourth-order valence-corrected chi connectivity index (χ4v) is 4.08. The van der Waals surface area contributed by atoms with Crippen molar-refractivity contribution in [3.63, 3.8) is 0 Å². The molecule has 146 valence electrons. The topological polar surface area (TPSA) is 67.8 Å². The maximum atomic E-state index is 13.2. The van der Waals surface area contributed by atoms with Gasteiger partial charge in [-0.1, -0.05) is 41.1 Å². The van der Waals surface area contributed by atoms with E-state index >= 15 is 0 Å². The summed E-state index contributed by atoms with van der Waals surface area (Å²) in [4.78, 5) is 33.5. The zero-order valence-corrected chi connectivity index (χ0v) is 17.5. The molecule has 0 amide bonds. The van der Waals surface area contributed by atoms with Crippen LogP contribution < -0.4 is 5.56 Å². The number of rotatable bonds is 5. The molecule has 0 aliphatic heterocycles. The maximum absolute atomic E-state index is 13.2. The van der Waals surface area contributed by atoms with Crippen molar-refractivity contribution in [1.82, 2.24) is 14.5 Å². The van der Waals surface area contributed by atoms with Crippen LogP contribution in [0, 0.1) is 13.8 Å². The van der Waals surface area contributed by atoms with E-state index in [-0.39, 0.29) is 17.1 Å². The first kappa shape index (κ1) is 19.5. The van der Waals surface area contributed by atoms with Crippen molar-refractivity contribution >= 4 is 40.2 Å². The average molecular weight is 424 g/mol. The molecule has 29 heavy (non-hydrogen) atoms. The number of aromatic amines is 1. The smallest absolute Gasteiger partial charge is 0.283 e. The van der Waals surface area contributed by atoms with Crippen LogP contribution in [0.4, 0.5) is 0 Å². The number of carbonyl (C=O) groups is 1. The van der Waals surface area contributed by atoms with Gasteiger partial charge in [0, 0.05) is 16.3 Å². The van der Waals surface area contributed by atoms with E-state index in [2.05, 4.69) is 9.97 Å². The van der Waals surface area contributed by atoms with Crippen LogP contribution in [0.5, 0.6) is 0 Å². The first-order valence-corrected chi connectivity index (χ1v) is 10.4. The second-order valence-electron chi connectivity index (χ2n) is 6.80. The molecule has 0 saturated carbocycles. The Morgan fingerprint density at radius 2 is 1.79 bits per heavy atom. The van der Waals surface area contributed by atoms with Crippen LogP contribution in [0.1, 0.15) is 21.6 Å². The zero-order chi connectivity index (χ0) is 20.5. The van der Waals surface area contributed by atoms with E-state index in [1.54, 1.807) is 28.8 Å². The molecule has 4 aromatic rings. The predicted molar refractivity (Wildman–Crippen MR) is 118 cm³/mol. The number of fused-ring (bicyclic) bond motifs is 1. The number of thioether (sulfide) groups is 1. The number of benzene rings is 2. The number of hydrogen-bond donors (Lipinski definition) is 1. The van der Waals surface area contributed by atoms with Gasteiger partial charge < -0.3 is 4.98 Å². The Hall–Kier alpha value is -2.83. The number of halogens is 1. The molecule has 0 aliphatic rings. The van der Waals surface area contributed by atoms with Crippen molar-refractivity contribution in [2.75, 3.05) is 5.75 Å². The molecule has 0 fully saturated rings. The summed E-state index contributed by atoms with van der Waals surface area (Å²) in [6.45, 7) is 3.87. The summed E-state index contributed by atoms with van der Waals surface area (Å²) < 4.78 is 1.55. The number of carbonyl (C=O) groups excluding carboxylic acids is 1. The van der Waals surface area contributed by atoms with E-state index in [0.717, 1.165) is 11.3 Å². The van der Waals surface area contributed by atoms with E-state index < -0.39 is 0 Å². The Balaban J connectivity index is 1.74. The van der Waals surface area contributed by atoms with Crippen LogP contribution in [0.3, 0.4) is 0 Å². The quantitative estimate of drug-likeness (QED) is 0.280. The summed E-state index contributed by atoms with van der Waals surface area (Å²) >= 11 is 7.14. The molecule has 5 nitrogen and oxygen atoms in total. The number of nitrogens with zero attached hydrogens (tertiary/aromatic N) is 2. The molecule has 0 unspecified atom stereocenters. The molecule has 4 rings (SSSR count). The van der Waals surface area contributed by atoms with E-state index in [4.69, 9.17) is 11.6 Å². The molecule has 1 N–H and O–H groups in total. The van der Waals surface area contributed by atoms with Crippen molar-refractivity contribution < 1.29 is 4.79 Å². The SMILES string of the molecule is Cc1ccc(-n2c(SCC(=O)c3ccc(Cl)cc3)nc3cc(C)[nH]c3c2=O)cc1. The number of aromatic nitrogens is 3. The average Bonchev–Trinajstić information content (AvgIpc) is 3.08. The number of H-pyrrole nitrogens is 1. The van der Waals surface area contributed by atoms with Gasteiger partial charge in [-0.3, -0.25) is 14.2 Å². The first-order valence-electron chi connectivity index (χ1n) is 9.03. The van der Waals surface area contributed by atoms with Crippen LogP contribution in [0.25, 0.3) is 16.7 Å².